The van der Waals surface area contributed by atoms with E-state index in [0.717, 1.165) is 18.4 Å². The summed E-state index contributed by atoms with van der Waals surface area (Å²) in [6, 6.07) is 17.2. The van der Waals surface area contributed by atoms with Gasteiger partial charge < -0.3 is 19.5 Å². The Bertz CT molecular complexity index is 946. The summed E-state index contributed by atoms with van der Waals surface area (Å²) in [6.45, 7) is 1.92. The lowest BCUT2D eigenvalue weighted by molar-refractivity contribution is -0.157. The minimum absolute atomic E-state index is 0.0468. The zero-order valence-corrected chi connectivity index (χ0v) is 18.4. The summed E-state index contributed by atoms with van der Waals surface area (Å²) < 4.78 is 10.9. The van der Waals surface area contributed by atoms with Crippen molar-refractivity contribution < 1.29 is 29.0 Å². The van der Waals surface area contributed by atoms with Crippen molar-refractivity contribution in [2.75, 3.05) is 13.7 Å². The van der Waals surface area contributed by atoms with E-state index < -0.39 is 5.41 Å². The molecule has 2 aromatic rings. The molecule has 2 aromatic carbocycles. The van der Waals surface area contributed by atoms with Crippen LogP contribution in [-0.2, 0) is 20.7 Å². The molecular weight excluding hydrogens is 410 g/mol. The number of carbonyl (C=O) groups is 3. The molecule has 1 N–H and O–H groups in total. The summed E-state index contributed by atoms with van der Waals surface area (Å²) >= 11 is 0. The van der Waals surface area contributed by atoms with Crippen molar-refractivity contribution >= 4 is 18.3 Å². The zero-order valence-electron chi connectivity index (χ0n) is 18.4. The van der Waals surface area contributed by atoms with E-state index in [1.165, 1.54) is 0 Å². The largest absolute Gasteiger partial charge is 0.496 e. The molecule has 32 heavy (non-hydrogen) atoms. The Labute approximate surface area is 187 Å². The molecule has 0 unspecified atom stereocenters. The van der Waals surface area contributed by atoms with Crippen LogP contribution in [0.15, 0.2) is 54.6 Å². The maximum atomic E-state index is 13.5. The predicted octanol–water partition coefficient (Wildman–Crippen LogP) is 3.57. The Morgan fingerprint density at radius 1 is 1.12 bits per heavy atom. The van der Waals surface area contributed by atoms with Gasteiger partial charge in [-0.15, -0.1) is 0 Å². The Morgan fingerprint density at radius 3 is 2.44 bits per heavy atom. The van der Waals surface area contributed by atoms with Crippen LogP contribution in [0.2, 0.25) is 0 Å². The number of hydrogen-bond donors (Lipinski definition) is 1. The molecule has 0 aromatic heterocycles. The van der Waals surface area contributed by atoms with Crippen LogP contribution in [0.25, 0.3) is 0 Å². The third-order valence-corrected chi connectivity index (χ3v) is 6.36. The second-order valence-corrected chi connectivity index (χ2v) is 8.01. The second kappa shape index (κ2) is 10.3. The fraction of sp³-hybridized carbons (Fsp3) is 0.400. The number of ether oxygens (including phenoxy) is 2. The molecule has 2 aliphatic heterocycles. The van der Waals surface area contributed by atoms with Gasteiger partial charge in [0, 0.05) is 12.1 Å². The number of esters is 1. The monoisotopic (exact) mass is 439 g/mol. The van der Waals surface area contributed by atoms with E-state index in [0.29, 0.717) is 30.8 Å². The standard InChI is InChI=1S/C24H27NO4.CH2O2/c1-3-29-23(27)24(15-17-9-5-4-6-10-17)16-18-13-14-21(24)25(18)22(26)19-11-7-8-12-20(19)28-2;2-1-3/h4-12,18,21H,3,13-16H2,1-2H3;1H,(H,2,3)/t18-,21+,24+;/m1./s1. The smallest absolute Gasteiger partial charge is 0.314 e. The lowest BCUT2D eigenvalue weighted by Crippen LogP contribution is -2.47. The molecule has 0 spiro atoms. The SMILES string of the molecule is CCOC(=O)[C@@]1(Cc2ccccc2)C[C@H]2CC[C@@H]1N2C(=O)c1ccccc1OC.O=CO. The lowest BCUT2D eigenvalue weighted by Gasteiger charge is -2.35. The molecule has 2 aliphatic rings. The molecule has 4 rings (SSSR count). The lowest BCUT2D eigenvalue weighted by atomic mass is 9.70. The van der Waals surface area contributed by atoms with Crippen molar-refractivity contribution in [1.82, 2.24) is 4.90 Å². The van der Waals surface area contributed by atoms with Crippen molar-refractivity contribution in [1.29, 1.82) is 0 Å². The molecule has 3 atom stereocenters. The Balaban J connectivity index is 0.000000913. The number of carbonyl (C=O) groups excluding carboxylic acids is 2. The fourth-order valence-electron chi connectivity index (χ4n) is 5.17. The highest BCUT2D eigenvalue weighted by atomic mass is 16.5. The molecule has 170 valence electrons. The number of methoxy groups -OCH3 is 1. The van der Waals surface area contributed by atoms with Gasteiger partial charge in [0.2, 0.25) is 0 Å². The Morgan fingerprint density at radius 2 is 1.78 bits per heavy atom. The maximum Gasteiger partial charge on any atom is 0.314 e. The van der Waals surface area contributed by atoms with Crippen LogP contribution < -0.4 is 4.74 Å². The van der Waals surface area contributed by atoms with Crippen molar-refractivity contribution in [2.45, 2.75) is 44.7 Å². The summed E-state index contributed by atoms with van der Waals surface area (Å²) in [6.07, 6.45) is 2.97. The molecule has 2 bridgehead atoms. The van der Waals surface area contributed by atoms with Crippen molar-refractivity contribution in [3.63, 3.8) is 0 Å². The van der Waals surface area contributed by atoms with Crippen LogP contribution >= 0.6 is 0 Å². The van der Waals surface area contributed by atoms with Crippen LogP contribution in [-0.4, -0.2) is 54.2 Å². The van der Waals surface area contributed by atoms with E-state index in [9.17, 15) is 9.59 Å². The number of carboxylic acid groups (broad SMARTS) is 1. The normalized spacial score (nSPS) is 23.1. The van der Waals surface area contributed by atoms with Crippen molar-refractivity contribution in [3.8, 4) is 5.75 Å². The molecule has 7 nitrogen and oxygen atoms in total. The highest BCUT2D eigenvalue weighted by Gasteiger charge is 2.62. The van der Waals surface area contributed by atoms with Gasteiger partial charge in [0.15, 0.2) is 0 Å². The van der Waals surface area contributed by atoms with Gasteiger partial charge in [0.25, 0.3) is 12.4 Å². The van der Waals surface area contributed by atoms with Crippen LogP contribution in [0.4, 0.5) is 0 Å². The highest BCUT2D eigenvalue weighted by molar-refractivity contribution is 5.98. The van der Waals surface area contributed by atoms with Crippen molar-refractivity contribution in [3.05, 3.63) is 65.7 Å². The maximum absolute atomic E-state index is 13.5. The average molecular weight is 440 g/mol. The van der Waals surface area contributed by atoms with Crippen LogP contribution in [0.5, 0.6) is 5.75 Å². The molecule has 0 saturated carbocycles. The molecule has 2 heterocycles. The number of para-hydroxylation sites is 1. The van der Waals surface area contributed by atoms with E-state index >= 15 is 0 Å². The summed E-state index contributed by atoms with van der Waals surface area (Å²) in [5.74, 6) is 0.316. The predicted molar refractivity (Wildman–Crippen MR) is 118 cm³/mol. The average Bonchev–Trinajstić information content (AvgIpc) is 3.36. The highest BCUT2D eigenvalue weighted by Crippen LogP contribution is 2.53. The van der Waals surface area contributed by atoms with Crippen molar-refractivity contribution in [2.24, 2.45) is 5.41 Å². The molecule has 2 fully saturated rings. The van der Waals surface area contributed by atoms with Crippen LogP contribution in [0, 0.1) is 5.41 Å². The summed E-state index contributed by atoms with van der Waals surface area (Å²) in [7, 11) is 1.57. The Kier molecular flexibility index (Phi) is 7.51. The zero-order chi connectivity index (χ0) is 23.1. The molecule has 2 saturated heterocycles. The first-order chi connectivity index (χ1) is 15.5. The first kappa shape index (κ1) is 23.3. The van der Waals surface area contributed by atoms with Gasteiger partial charge in [-0.1, -0.05) is 42.5 Å². The fourth-order valence-corrected chi connectivity index (χ4v) is 5.17. The van der Waals surface area contributed by atoms with Gasteiger partial charge in [-0.05, 0) is 50.3 Å². The first-order valence-electron chi connectivity index (χ1n) is 10.8. The van der Waals surface area contributed by atoms with E-state index in [4.69, 9.17) is 19.4 Å². The molecule has 0 aliphatic carbocycles. The van der Waals surface area contributed by atoms with Crippen LogP contribution in [0.1, 0.15) is 42.1 Å². The minimum atomic E-state index is -0.696. The number of fused-ring (bicyclic) bond motifs is 2. The third-order valence-electron chi connectivity index (χ3n) is 6.36. The topological polar surface area (TPSA) is 93.1 Å². The summed E-state index contributed by atoms with van der Waals surface area (Å²) in [5, 5.41) is 6.89. The van der Waals surface area contributed by atoms with Gasteiger partial charge in [0.1, 0.15) is 5.75 Å². The van der Waals surface area contributed by atoms with Gasteiger partial charge >= 0.3 is 5.97 Å². The molecule has 7 heteroatoms. The molecule has 1 amide bonds. The first-order valence-corrected chi connectivity index (χ1v) is 10.8. The van der Waals surface area contributed by atoms with E-state index in [1.807, 2.05) is 54.3 Å². The number of nitrogens with zero attached hydrogens (tertiary/aromatic N) is 1. The number of benzene rings is 2. The molecular formula is C25H29NO6. The van der Waals surface area contributed by atoms with Crippen LogP contribution in [0.3, 0.4) is 0 Å². The van der Waals surface area contributed by atoms with E-state index in [2.05, 4.69) is 0 Å². The minimum Gasteiger partial charge on any atom is -0.496 e. The Hall–Kier alpha value is -3.35. The number of hydrogen-bond acceptors (Lipinski definition) is 5. The van der Waals surface area contributed by atoms with Gasteiger partial charge in [-0.2, -0.15) is 0 Å². The van der Waals surface area contributed by atoms with E-state index in [-0.39, 0.29) is 30.4 Å². The summed E-state index contributed by atoms with van der Waals surface area (Å²) in [5.41, 5.74) is 0.946. The van der Waals surface area contributed by atoms with E-state index in [1.54, 1.807) is 19.2 Å². The quantitative estimate of drug-likeness (QED) is 0.546. The third kappa shape index (κ3) is 4.33. The summed E-state index contributed by atoms with van der Waals surface area (Å²) in [4.78, 5) is 37.0. The second-order valence-electron chi connectivity index (χ2n) is 8.01. The van der Waals surface area contributed by atoms with Gasteiger partial charge in [-0.3, -0.25) is 14.4 Å². The van der Waals surface area contributed by atoms with Gasteiger partial charge in [-0.25, -0.2) is 0 Å². The number of rotatable bonds is 6. The number of amides is 1. The molecule has 0 radical (unpaired) electrons. The van der Waals surface area contributed by atoms with Gasteiger partial charge in [0.05, 0.1) is 24.7 Å².